The van der Waals surface area contributed by atoms with Gasteiger partial charge < -0.3 is 4.74 Å². The number of ether oxygens (including phenoxy) is 1. The molecule has 3 heteroatoms. The lowest BCUT2D eigenvalue weighted by atomic mass is 9.70. The molecule has 2 saturated carbocycles. The van der Waals surface area contributed by atoms with Crippen LogP contribution in [0.2, 0.25) is 0 Å². The van der Waals surface area contributed by atoms with Crippen LogP contribution in [0, 0.1) is 11.3 Å². The van der Waals surface area contributed by atoms with E-state index in [9.17, 15) is 9.59 Å². The molecule has 112 valence electrons. The van der Waals surface area contributed by atoms with Gasteiger partial charge in [0.2, 0.25) is 0 Å². The van der Waals surface area contributed by atoms with E-state index >= 15 is 0 Å². The Labute approximate surface area is 125 Å². The van der Waals surface area contributed by atoms with Crippen LogP contribution in [0.3, 0.4) is 0 Å². The van der Waals surface area contributed by atoms with Crippen LogP contribution in [-0.4, -0.2) is 18.4 Å². The molecule has 21 heavy (non-hydrogen) atoms. The molecular formula is C18H22O3. The predicted octanol–water partition coefficient (Wildman–Crippen LogP) is 3.48. The molecule has 1 aromatic carbocycles. The lowest BCUT2D eigenvalue weighted by Crippen LogP contribution is -2.37. The molecule has 2 fully saturated rings. The van der Waals surface area contributed by atoms with Crippen molar-refractivity contribution in [2.75, 3.05) is 6.61 Å². The van der Waals surface area contributed by atoms with E-state index < -0.39 is 5.41 Å². The van der Waals surface area contributed by atoms with E-state index in [2.05, 4.69) is 12.1 Å². The molecule has 2 atom stereocenters. The second-order valence-electron chi connectivity index (χ2n) is 6.28. The molecule has 2 aliphatic rings. The van der Waals surface area contributed by atoms with Crippen molar-refractivity contribution < 1.29 is 14.3 Å². The van der Waals surface area contributed by atoms with Crippen molar-refractivity contribution in [2.24, 2.45) is 11.3 Å². The van der Waals surface area contributed by atoms with Gasteiger partial charge in [0.15, 0.2) is 0 Å². The minimum atomic E-state index is -0.499. The summed E-state index contributed by atoms with van der Waals surface area (Å²) in [5.41, 5.74) is 0.787. The fourth-order valence-corrected chi connectivity index (χ4v) is 3.69. The number of hydrogen-bond acceptors (Lipinski definition) is 3. The van der Waals surface area contributed by atoms with Crippen LogP contribution >= 0.6 is 0 Å². The summed E-state index contributed by atoms with van der Waals surface area (Å²) in [7, 11) is 0. The standard InChI is InChI=1S/C18H22O3/c1-2-21-17(20)18(10-11-18)15-12-14(8-9-16(15)19)13-6-4-3-5-7-13/h3-7,14-15H,2,8-12H2,1H3. The highest BCUT2D eigenvalue weighted by molar-refractivity contribution is 5.91. The van der Waals surface area contributed by atoms with E-state index in [1.165, 1.54) is 5.56 Å². The number of Topliss-reactive ketones (excluding diaryl/α,β-unsaturated/α-hetero) is 1. The maximum absolute atomic E-state index is 12.4. The average molecular weight is 286 g/mol. The Morgan fingerprint density at radius 1 is 1.29 bits per heavy atom. The fourth-order valence-electron chi connectivity index (χ4n) is 3.69. The molecule has 2 unspecified atom stereocenters. The summed E-state index contributed by atoms with van der Waals surface area (Å²) in [5, 5.41) is 0. The Balaban J connectivity index is 1.78. The Bertz CT molecular complexity index is 531. The van der Waals surface area contributed by atoms with E-state index in [0.29, 0.717) is 18.9 Å². The fraction of sp³-hybridized carbons (Fsp3) is 0.556. The largest absolute Gasteiger partial charge is 0.466 e. The summed E-state index contributed by atoms with van der Waals surface area (Å²) in [5.74, 6) is 0.348. The van der Waals surface area contributed by atoms with Crippen molar-refractivity contribution >= 4 is 11.8 Å². The second kappa shape index (κ2) is 5.63. The predicted molar refractivity (Wildman–Crippen MR) is 79.8 cm³/mol. The molecular weight excluding hydrogens is 264 g/mol. The van der Waals surface area contributed by atoms with Gasteiger partial charge in [-0.2, -0.15) is 0 Å². The van der Waals surface area contributed by atoms with E-state index in [-0.39, 0.29) is 17.7 Å². The Morgan fingerprint density at radius 2 is 2.00 bits per heavy atom. The van der Waals surface area contributed by atoms with E-state index in [1.807, 2.05) is 25.1 Å². The van der Waals surface area contributed by atoms with Crippen molar-refractivity contribution in [3.05, 3.63) is 35.9 Å². The Kier molecular flexibility index (Phi) is 3.83. The summed E-state index contributed by atoms with van der Waals surface area (Å²) < 4.78 is 5.22. The van der Waals surface area contributed by atoms with Gasteiger partial charge in [-0.05, 0) is 44.1 Å². The minimum Gasteiger partial charge on any atom is -0.466 e. The zero-order valence-electron chi connectivity index (χ0n) is 12.5. The number of rotatable bonds is 4. The minimum absolute atomic E-state index is 0.143. The first-order chi connectivity index (χ1) is 10.2. The van der Waals surface area contributed by atoms with Crippen LogP contribution < -0.4 is 0 Å². The monoisotopic (exact) mass is 286 g/mol. The van der Waals surface area contributed by atoms with Gasteiger partial charge in [0.1, 0.15) is 5.78 Å². The molecule has 1 aromatic rings. The quantitative estimate of drug-likeness (QED) is 0.796. The first kappa shape index (κ1) is 14.3. The maximum atomic E-state index is 12.4. The highest BCUT2D eigenvalue weighted by Crippen LogP contribution is 2.57. The summed E-state index contributed by atoms with van der Waals surface area (Å²) in [6.45, 7) is 2.22. The maximum Gasteiger partial charge on any atom is 0.312 e. The number of carbonyl (C=O) groups is 2. The van der Waals surface area contributed by atoms with E-state index in [0.717, 1.165) is 25.7 Å². The molecule has 0 aliphatic heterocycles. The van der Waals surface area contributed by atoms with Gasteiger partial charge in [-0.3, -0.25) is 9.59 Å². The second-order valence-corrected chi connectivity index (χ2v) is 6.28. The van der Waals surface area contributed by atoms with Crippen LogP contribution in [0.1, 0.15) is 50.5 Å². The molecule has 0 radical (unpaired) electrons. The van der Waals surface area contributed by atoms with Gasteiger partial charge in [0, 0.05) is 12.3 Å². The van der Waals surface area contributed by atoms with Gasteiger partial charge in [0.05, 0.1) is 12.0 Å². The number of benzene rings is 1. The van der Waals surface area contributed by atoms with Crippen molar-refractivity contribution in [1.82, 2.24) is 0 Å². The third-order valence-corrected chi connectivity index (χ3v) is 5.06. The van der Waals surface area contributed by atoms with Gasteiger partial charge >= 0.3 is 5.97 Å². The lowest BCUT2D eigenvalue weighted by Gasteiger charge is -2.32. The molecule has 0 N–H and O–H groups in total. The molecule has 0 aromatic heterocycles. The highest BCUT2D eigenvalue weighted by atomic mass is 16.5. The first-order valence-electron chi connectivity index (χ1n) is 7.92. The van der Waals surface area contributed by atoms with E-state index in [1.54, 1.807) is 0 Å². The number of carbonyl (C=O) groups excluding carboxylic acids is 2. The third kappa shape index (κ3) is 2.61. The van der Waals surface area contributed by atoms with Crippen molar-refractivity contribution in [3.8, 4) is 0 Å². The SMILES string of the molecule is CCOC(=O)C1(C2CC(c3ccccc3)CCC2=O)CC1. The number of ketones is 1. The summed E-state index contributed by atoms with van der Waals surface area (Å²) in [6.07, 6.45) is 3.90. The van der Waals surface area contributed by atoms with Crippen LogP contribution in [0.4, 0.5) is 0 Å². The molecule has 0 spiro atoms. The zero-order chi connectivity index (χ0) is 14.9. The van der Waals surface area contributed by atoms with Crippen molar-refractivity contribution in [2.45, 2.75) is 44.9 Å². The van der Waals surface area contributed by atoms with Gasteiger partial charge in [-0.15, -0.1) is 0 Å². The molecule has 0 amide bonds. The Hall–Kier alpha value is -1.64. The Morgan fingerprint density at radius 3 is 2.62 bits per heavy atom. The lowest BCUT2D eigenvalue weighted by molar-refractivity contribution is -0.155. The van der Waals surface area contributed by atoms with Crippen molar-refractivity contribution in [3.63, 3.8) is 0 Å². The molecule has 0 saturated heterocycles. The number of hydrogen-bond donors (Lipinski definition) is 0. The van der Waals surface area contributed by atoms with Gasteiger partial charge in [0.25, 0.3) is 0 Å². The first-order valence-corrected chi connectivity index (χ1v) is 7.92. The summed E-state index contributed by atoms with van der Waals surface area (Å²) in [6, 6.07) is 10.3. The highest BCUT2D eigenvalue weighted by Gasteiger charge is 2.59. The van der Waals surface area contributed by atoms with Crippen LogP contribution in [0.15, 0.2) is 30.3 Å². The van der Waals surface area contributed by atoms with Crippen molar-refractivity contribution in [1.29, 1.82) is 0 Å². The molecule has 3 rings (SSSR count). The third-order valence-electron chi connectivity index (χ3n) is 5.06. The summed E-state index contributed by atoms with van der Waals surface area (Å²) >= 11 is 0. The van der Waals surface area contributed by atoms with Crippen LogP contribution in [0.5, 0.6) is 0 Å². The average Bonchev–Trinajstić information content (AvgIpc) is 3.30. The van der Waals surface area contributed by atoms with Gasteiger partial charge in [-0.25, -0.2) is 0 Å². The number of esters is 1. The summed E-state index contributed by atoms with van der Waals surface area (Å²) in [4.78, 5) is 24.6. The normalized spacial score (nSPS) is 27.2. The van der Waals surface area contributed by atoms with Crippen LogP contribution in [-0.2, 0) is 14.3 Å². The molecule has 0 bridgehead atoms. The molecule has 2 aliphatic carbocycles. The van der Waals surface area contributed by atoms with Gasteiger partial charge in [-0.1, -0.05) is 30.3 Å². The van der Waals surface area contributed by atoms with E-state index in [4.69, 9.17) is 4.74 Å². The smallest absolute Gasteiger partial charge is 0.312 e. The van der Waals surface area contributed by atoms with Crippen LogP contribution in [0.25, 0.3) is 0 Å². The topological polar surface area (TPSA) is 43.4 Å². The molecule has 3 nitrogen and oxygen atoms in total. The molecule has 0 heterocycles. The zero-order valence-corrected chi connectivity index (χ0v) is 12.5.